The minimum absolute atomic E-state index is 0.0935. The van der Waals surface area contributed by atoms with Crippen LogP contribution in [0.15, 0.2) is 0 Å². The fourth-order valence-electron chi connectivity index (χ4n) is 3.57. The summed E-state index contributed by atoms with van der Waals surface area (Å²) in [7, 11) is 3.95. The Labute approximate surface area is 170 Å². The van der Waals surface area contributed by atoms with Crippen molar-refractivity contribution in [2.75, 3.05) is 20.6 Å². The first kappa shape index (κ1) is 26.2. The third-order valence-electron chi connectivity index (χ3n) is 5.30. The summed E-state index contributed by atoms with van der Waals surface area (Å²) in [5, 5.41) is 9.85. The number of hydrogen-bond donors (Lipinski definition) is 1. The minimum atomic E-state index is -0.400. The van der Waals surface area contributed by atoms with Crippen molar-refractivity contribution in [1.29, 1.82) is 0 Å². The predicted molar refractivity (Wildman–Crippen MR) is 118 cm³/mol. The van der Waals surface area contributed by atoms with Crippen molar-refractivity contribution < 1.29 is 5.11 Å². The molecule has 158 valence electrons. The molecule has 0 aromatic heterocycles. The summed E-state index contributed by atoms with van der Waals surface area (Å²) < 4.78 is 0. The Morgan fingerprint density at radius 2 is 1.00 bits per heavy atom. The van der Waals surface area contributed by atoms with E-state index in [0.717, 1.165) is 12.8 Å². The number of nitrogens with zero attached hydrogens (tertiary/aromatic N) is 1. The second kappa shape index (κ2) is 20.0. The topological polar surface area (TPSA) is 23.5 Å². The SMILES string of the molecule is CCCCCCCCCCCCCCCCCCC(Cl)C(O)CN(C)C. The van der Waals surface area contributed by atoms with Crippen LogP contribution in [0.3, 0.4) is 0 Å². The largest absolute Gasteiger partial charge is 0.390 e. The number of unbranched alkanes of at least 4 members (excludes halogenated alkanes) is 15. The number of hydrogen-bond acceptors (Lipinski definition) is 2. The molecule has 2 atom stereocenters. The number of halogens is 1. The molecular weight excluding hydrogens is 342 g/mol. The zero-order valence-electron chi connectivity index (χ0n) is 18.2. The van der Waals surface area contributed by atoms with Crippen LogP contribution in [0.4, 0.5) is 0 Å². The van der Waals surface area contributed by atoms with Crippen LogP contribution in [0, 0.1) is 0 Å². The average Bonchev–Trinajstić information content (AvgIpc) is 2.60. The van der Waals surface area contributed by atoms with Crippen molar-refractivity contribution in [1.82, 2.24) is 4.90 Å². The molecule has 0 heterocycles. The lowest BCUT2D eigenvalue weighted by molar-refractivity contribution is 0.128. The van der Waals surface area contributed by atoms with E-state index >= 15 is 0 Å². The molecule has 3 heteroatoms. The van der Waals surface area contributed by atoms with Gasteiger partial charge >= 0.3 is 0 Å². The number of rotatable bonds is 20. The van der Waals surface area contributed by atoms with Crippen molar-refractivity contribution in [2.24, 2.45) is 0 Å². The van der Waals surface area contributed by atoms with Gasteiger partial charge in [0.25, 0.3) is 0 Å². The quantitative estimate of drug-likeness (QED) is 0.176. The fraction of sp³-hybridized carbons (Fsp3) is 1.00. The van der Waals surface area contributed by atoms with Crippen molar-refractivity contribution in [3.05, 3.63) is 0 Å². The lowest BCUT2D eigenvalue weighted by atomic mass is 10.0. The maximum Gasteiger partial charge on any atom is 0.0830 e. The molecule has 1 N–H and O–H groups in total. The lowest BCUT2D eigenvalue weighted by Gasteiger charge is -2.20. The molecule has 2 nitrogen and oxygen atoms in total. The third kappa shape index (κ3) is 19.0. The van der Waals surface area contributed by atoms with Gasteiger partial charge in [-0.3, -0.25) is 0 Å². The summed E-state index contributed by atoms with van der Waals surface area (Å²) in [6, 6.07) is 0. The summed E-state index contributed by atoms with van der Waals surface area (Å²) in [5.41, 5.74) is 0. The Balaban J connectivity index is 3.17. The van der Waals surface area contributed by atoms with Gasteiger partial charge in [0, 0.05) is 6.54 Å². The van der Waals surface area contributed by atoms with Crippen LogP contribution in [-0.2, 0) is 0 Å². The molecule has 0 radical (unpaired) electrons. The van der Waals surface area contributed by atoms with Gasteiger partial charge in [-0.15, -0.1) is 11.6 Å². The van der Waals surface area contributed by atoms with Crippen LogP contribution < -0.4 is 0 Å². The van der Waals surface area contributed by atoms with E-state index in [0.29, 0.717) is 6.54 Å². The van der Waals surface area contributed by atoms with Gasteiger partial charge in [-0.1, -0.05) is 110 Å². The molecule has 26 heavy (non-hydrogen) atoms. The van der Waals surface area contributed by atoms with Gasteiger partial charge in [-0.05, 0) is 20.5 Å². The first-order valence-corrected chi connectivity index (χ1v) is 12.0. The molecule has 0 bridgehead atoms. The Morgan fingerprint density at radius 3 is 1.35 bits per heavy atom. The van der Waals surface area contributed by atoms with Gasteiger partial charge in [0.05, 0.1) is 11.5 Å². The Kier molecular flexibility index (Phi) is 20.1. The molecule has 0 rings (SSSR count). The van der Waals surface area contributed by atoms with Crippen LogP contribution in [0.5, 0.6) is 0 Å². The molecule has 0 amide bonds. The first-order chi connectivity index (χ1) is 12.6. The van der Waals surface area contributed by atoms with E-state index in [2.05, 4.69) is 6.92 Å². The molecule has 0 spiro atoms. The van der Waals surface area contributed by atoms with Gasteiger partial charge in [-0.25, -0.2) is 0 Å². The monoisotopic (exact) mass is 389 g/mol. The van der Waals surface area contributed by atoms with E-state index < -0.39 is 6.10 Å². The highest BCUT2D eigenvalue weighted by atomic mass is 35.5. The van der Waals surface area contributed by atoms with Gasteiger partial charge in [0.15, 0.2) is 0 Å². The molecule has 0 aromatic carbocycles. The molecule has 0 aromatic rings. The van der Waals surface area contributed by atoms with Crippen molar-refractivity contribution in [3.63, 3.8) is 0 Å². The van der Waals surface area contributed by atoms with E-state index in [-0.39, 0.29) is 5.38 Å². The van der Waals surface area contributed by atoms with Gasteiger partial charge in [-0.2, -0.15) is 0 Å². The fourth-order valence-corrected chi connectivity index (χ4v) is 3.80. The van der Waals surface area contributed by atoms with Gasteiger partial charge in [0.2, 0.25) is 0 Å². The normalized spacial score (nSPS) is 14.1. The van der Waals surface area contributed by atoms with Crippen LogP contribution in [-0.4, -0.2) is 42.1 Å². The van der Waals surface area contributed by atoms with Crippen LogP contribution >= 0.6 is 11.6 Å². The van der Waals surface area contributed by atoms with Crippen molar-refractivity contribution in [3.8, 4) is 0 Å². The highest BCUT2D eigenvalue weighted by Gasteiger charge is 2.16. The van der Waals surface area contributed by atoms with E-state index in [9.17, 15) is 5.11 Å². The summed E-state index contributed by atoms with van der Waals surface area (Å²) >= 11 is 6.26. The second-order valence-corrected chi connectivity index (χ2v) is 9.00. The van der Waals surface area contributed by atoms with Crippen molar-refractivity contribution in [2.45, 2.75) is 128 Å². The van der Waals surface area contributed by atoms with E-state index in [1.165, 1.54) is 96.3 Å². The van der Waals surface area contributed by atoms with Crippen LogP contribution in [0.2, 0.25) is 0 Å². The lowest BCUT2D eigenvalue weighted by Crippen LogP contribution is -2.32. The molecule has 0 aliphatic rings. The molecule has 2 unspecified atom stereocenters. The second-order valence-electron chi connectivity index (χ2n) is 8.44. The highest BCUT2D eigenvalue weighted by molar-refractivity contribution is 6.21. The Morgan fingerprint density at radius 1 is 0.654 bits per heavy atom. The zero-order valence-corrected chi connectivity index (χ0v) is 18.9. The highest BCUT2D eigenvalue weighted by Crippen LogP contribution is 2.16. The summed E-state index contributed by atoms with van der Waals surface area (Å²) in [6.07, 6.45) is 22.8. The summed E-state index contributed by atoms with van der Waals surface area (Å²) in [6.45, 7) is 2.95. The third-order valence-corrected chi connectivity index (χ3v) is 5.81. The first-order valence-electron chi connectivity index (χ1n) is 11.5. The summed E-state index contributed by atoms with van der Waals surface area (Å²) in [5.74, 6) is 0. The van der Waals surface area contributed by atoms with Gasteiger partial charge in [0.1, 0.15) is 0 Å². The number of aliphatic hydroxyl groups excluding tert-OH is 1. The maximum absolute atomic E-state index is 9.94. The summed E-state index contributed by atoms with van der Waals surface area (Å²) in [4.78, 5) is 1.99. The molecule has 0 fully saturated rings. The maximum atomic E-state index is 9.94. The standard InChI is InChI=1S/C23H48ClNO/c1-4-5-6-7-8-9-10-11-12-13-14-15-16-17-18-19-20-22(24)23(26)21-25(2)3/h22-23,26H,4-21H2,1-3H3. The molecular formula is C23H48ClNO. The average molecular weight is 390 g/mol. The molecule has 0 aliphatic carbocycles. The van der Waals surface area contributed by atoms with E-state index in [1.54, 1.807) is 0 Å². The number of aliphatic hydroxyl groups is 1. The molecule has 0 saturated heterocycles. The van der Waals surface area contributed by atoms with Crippen LogP contribution in [0.1, 0.15) is 116 Å². The predicted octanol–water partition coefficient (Wildman–Crippen LogP) is 7.17. The van der Waals surface area contributed by atoms with Gasteiger partial charge < -0.3 is 10.0 Å². The zero-order chi connectivity index (χ0) is 19.5. The molecule has 0 aliphatic heterocycles. The van der Waals surface area contributed by atoms with Crippen molar-refractivity contribution >= 4 is 11.6 Å². The number of alkyl halides is 1. The Bertz CT molecular complexity index is 273. The molecule has 0 saturated carbocycles. The van der Waals surface area contributed by atoms with E-state index in [1.807, 2.05) is 19.0 Å². The minimum Gasteiger partial charge on any atom is -0.390 e. The van der Waals surface area contributed by atoms with Crippen LogP contribution in [0.25, 0.3) is 0 Å². The van der Waals surface area contributed by atoms with E-state index in [4.69, 9.17) is 11.6 Å². The smallest absolute Gasteiger partial charge is 0.0830 e. The number of likely N-dealkylation sites (N-methyl/N-ethyl adjacent to an activating group) is 1. The Hall–Kier alpha value is 0.210.